The lowest BCUT2D eigenvalue weighted by atomic mass is 10.1. The van der Waals surface area contributed by atoms with Crippen LogP contribution in [-0.4, -0.2) is 28.3 Å². The van der Waals surface area contributed by atoms with Gasteiger partial charge in [0.2, 0.25) is 11.8 Å². The third-order valence-electron chi connectivity index (χ3n) is 3.51. The van der Waals surface area contributed by atoms with Crippen LogP contribution in [0.15, 0.2) is 47.8 Å². The first-order valence-electron chi connectivity index (χ1n) is 7.72. The third-order valence-corrected chi connectivity index (χ3v) is 5.25. The second-order valence-corrected chi connectivity index (χ2v) is 7.38. The minimum absolute atomic E-state index is 0.114. The van der Waals surface area contributed by atoms with Crippen molar-refractivity contribution in [2.24, 2.45) is 5.73 Å². The lowest BCUT2D eigenvalue weighted by Gasteiger charge is -2.02. The van der Waals surface area contributed by atoms with Crippen LogP contribution in [0.5, 0.6) is 0 Å². The summed E-state index contributed by atoms with van der Waals surface area (Å²) >= 11 is 2.75. The molecule has 0 unspecified atom stereocenters. The third kappa shape index (κ3) is 4.80. The van der Waals surface area contributed by atoms with Gasteiger partial charge >= 0.3 is 0 Å². The number of nitrogens with zero attached hydrogens (tertiary/aromatic N) is 1. The Morgan fingerprint density at radius 1 is 1.16 bits per heavy atom. The van der Waals surface area contributed by atoms with Gasteiger partial charge in [0.05, 0.1) is 11.4 Å². The van der Waals surface area contributed by atoms with Gasteiger partial charge in [0.25, 0.3) is 0 Å². The second-order valence-electron chi connectivity index (χ2n) is 5.42. The van der Waals surface area contributed by atoms with Crippen molar-refractivity contribution in [2.75, 3.05) is 16.8 Å². The molecule has 0 aliphatic heterocycles. The number of thiazole rings is 1. The number of rotatable bonds is 7. The molecule has 0 spiro atoms. The van der Waals surface area contributed by atoms with Crippen molar-refractivity contribution in [1.82, 2.24) is 4.98 Å². The number of fused-ring (bicyclic) bond motifs is 1. The number of hydrogen-bond acceptors (Lipinski definition) is 5. The van der Waals surface area contributed by atoms with E-state index in [0.29, 0.717) is 17.3 Å². The Morgan fingerprint density at radius 3 is 2.76 bits per heavy atom. The minimum atomic E-state index is -0.370. The van der Waals surface area contributed by atoms with Gasteiger partial charge in [-0.25, -0.2) is 4.98 Å². The van der Waals surface area contributed by atoms with E-state index in [1.165, 1.54) is 28.5 Å². The van der Waals surface area contributed by atoms with E-state index in [-0.39, 0.29) is 17.6 Å². The number of carbonyl (C=O) groups excluding carboxylic acids is 2. The summed E-state index contributed by atoms with van der Waals surface area (Å²) in [6, 6.07) is 14.4. The highest BCUT2D eigenvalue weighted by Crippen LogP contribution is 2.27. The largest absolute Gasteiger partial charge is 0.369 e. The Balaban J connectivity index is 1.61. The molecule has 7 heteroatoms. The van der Waals surface area contributed by atoms with E-state index >= 15 is 0 Å². The SMILES string of the molecule is NC(=O)CSCCC(=O)Nc1nc(-c2ccc3ccccc3c2)cs1. The predicted molar refractivity (Wildman–Crippen MR) is 105 cm³/mol. The van der Waals surface area contributed by atoms with Crippen LogP contribution in [0.2, 0.25) is 0 Å². The van der Waals surface area contributed by atoms with Crippen LogP contribution >= 0.6 is 23.1 Å². The fraction of sp³-hybridized carbons (Fsp3) is 0.167. The molecule has 25 heavy (non-hydrogen) atoms. The highest BCUT2D eigenvalue weighted by atomic mass is 32.2. The Morgan fingerprint density at radius 2 is 1.96 bits per heavy atom. The average molecular weight is 371 g/mol. The van der Waals surface area contributed by atoms with Crippen molar-refractivity contribution in [1.29, 1.82) is 0 Å². The number of nitrogens with one attached hydrogen (secondary N) is 1. The number of anilines is 1. The molecule has 3 N–H and O–H groups in total. The molecule has 128 valence electrons. The van der Waals surface area contributed by atoms with Crippen molar-refractivity contribution in [2.45, 2.75) is 6.42 Å². The molecule has 0 saturated heterocycles. The molecular weight excluding hydrogens is 354 g/mol. The van der Waals surface area contributed by atoms with Gasteiger partial charge in [-0.15, -0.1) is 11.3 Å². The fourth-order valence-electron chi connectivity index (χ4n) is 2.33. The number of nitrogens with two attached hydrogens (primary N) is 1. The molecule has 0 bridgehead atoms. The molecule has 2 amide bonds. The maximum Gasteiger partial charge on any atom is 0.227 e. The Labute approximate surface area is 153 Å². The zero-order valence-electron chi connectivity index (χ0n) is 13.4. The highest BCUT2D eigenvalue weighted by Gasteiger charge is 2.09. The number of carbonyl (C=O) groups is 2. The van der Waals surface area contributed by atoms with Crippen molar-refractivity contribution in [3.8, 4) is 11.3 Å². The van der Waals surface area contributed by atoms with Crippen LogP contribution in [0, 0.1) is 0 Å². The summed E-state index contributed by atoms with van der Waals surface area (Å²) < 4.78 is 0. The lowest BCUT2D eigenvalue weighted by Crippen LogP contribution is -2.15. The molecule has 0 aliphatic carbocycles. The summed E-state index contributed by atoms with van der Waals surface area (Å²) in [5, 5.41) is 7.65. The molecule has 5 nitrogen and oxygen atoms in total. The number of aromatic nitrogens is 1. The Hall–Kier alpha value is -2.38. The summed E-state index contributed by atoms with van der Waals surface area (Å²) in [6.45, 7) is 0. The van der Waals surface area contributed by atoms with Crippen LogP contribution in [0.25, 0.3) is 22.0 Å². The molecule has 3 rings (SSSR count). The van der Waals surface area contributed by atoms with E-state index in [0.717, 1.165) is 16.6 Å². The van der Waals surface area contributed by atoms with Gasteiger partial charge < -0.3 is 11.1 Å². The summed E-state index contributed by atoms with van der Waals surface area (Å²) in [4.78, 5) is 27.0. The topological polar surface area (TPSA) is 85.1 Å². The number of hydrogen-bond donors (Lipinski definition) is 2. The molecule has 1 heterocycles. The number of benzene rings is 2. The lowest BCUT2D eigenvalue weighted by molar-refractivity contribution is -0.116. The highest BCUT2D eigenvalue weighted by molar-refractivity contribution is 7.99. The molecule has 0 aliphatic rings. The molecule has 2 aromatic carbocycles. The van der Waals surface area contributed by atoms with Crippen LogP contribution in [0.4, 0.5) is 5.13 Å². The van der Waals surface area contributed by atoms with Crippen molar-refractivity contribution < 1.29 is 9.59 Å². The van der Waals surface area contributed by atoms with Crippen LogP contribution in [0.3, 0.4) is 0 Å². The number of primary amides is 1. The van der Waals surface area contributed by atoms with Crippen LogP contribution in [-0.2, 0) is 9.59 Å². The summed E-state index contributed by atoms with van der Waals surface area (Å²) in [7, 11) is 0. The first-order valence-corrected chi connectivity index (χ1v) is 9.76. The molecule has 0 atom stereocenters. The van der Waals surface area contributed by atoms with E-state index in [1.54, 1.807) is 0 Å². The summed E-state index contributed by atoms with van der Waals surface area (Å²) in [5.41, 5.74) is 6.92. The zero-order chi connectivity index (χ0) is 17.6. The monoisotopic (exact) mass is 371 g/mol. The van der Waals surface area contributed by atoms with Gasteiger partial charge in [-0.3, -0.25) is 9.59 Å². The summed E-state index contributed by atoms with van der Waals surface area (Å²) in [5.74, 6) is 0.302. The van der Waals surface area contributed by atoms with Gasteiger partial charge in [-0.1, -0.05) is 36.4 Å². The van der Waals surface area contributed by atoms with E-state index in [2.05, 4.69) is 34.6 Å². The van der Waals surface area contributed by atoms with E-state index in [1.807, 2.05) is 23.6 Å². The normalized spacial score (nSPS) is 10.7. The molecule has 3 aromatic rings. The Kier molecular flexibility index (Phi) is 5.67. The maximum atomic E-state index is 11.9. The van der Waals surface area contributed by atoms with E-state index in [9.17, 15) is 9.59 Å². The molecule has 0 saturated carbocycles. The zero-order valence-corrected chi connectivity index (χ0v) is 15.0. The van der Waals surface area contributed by atoms with E-state index in [4.69, 9.17) is 5.73 Å². The second kappa shape index (κ2) is 8.13. The average Bonchev–Trinajstić information content (AvgIpc) is 3.06. The van der Waals surface area contributed by atoms with Gasteiger partial charge in [0.1, 0.15) is 0 Å². The first kappa shape index (κ1) is 17.4. The first-order chi connectivity index (χ1) is 12.1. The van der Waals surface area contributed by atoms with E-state index < -0.39 is 0 Å². The standard InChI is InChI=1S/C18H17N3O2S2/c19-16(22)11-24-8-7-17(23)21-18-20-15(10-25-18)14-6-5-12-3-1-2-4-13(12)9-14/h1-6,9-10H,7-8,11H2,(H2,19,22)(H,20,21,23). The summed E-state index contributed by atoms with van der Waals surface area (Å²) in [6.07, 6.45) is 0.322. The Bertz CT molecular complexity index is 908. The molecular formula is C18H17N3O2S2. The smallest absolute Gasteiger partial charge is 0.227 e. The fourth-order valence-corrected chi connectivity index (χ4v) is 3.74. The maximum absolute atomic E-state index is 11.9. The van der Waals surface area contributed by atoms with Crippen LogP contribution < -0.4 is 11.1 Å². The number of amides is 2. The predicted octanol–water partition coefficient (Wildman–Crippen LogP) is 3.51. The molecule has 0 fully saturated rings. The molecule has 1 aromatic heterocycles. The van der Waals surface area contributed by atoms with Gasteiger partial charge in [-0.2, -0.15) is 11.8 Å². The van der Waals surface area contributed by atoms with Crippen molar-refractivity contribution in [3.05, 3.63) is 47.8 Å². The number of thioether (sulfide) groups is 1. The van der Waals surface area contributed by atoms with Crippen LogP contribution in [0.1, 0.15) is 6.42 Å². The quantitative estimate of drug-likeness (QED) is 0.623. The van der Waals surface area contributed by atoms with Gasteiger partial charge in [0, 0.05) is 23.1 Å². The van der Waals surface area contributed by atoms with Gasteiger partial charge in [-0.05, 0) is 16.8 Å². The van der Waals surface area contributed by atoms with Crippen molar-refractivity contribution >= 4 is 50.8 Å². The van der Waals surface area contributed by atoms with Crippen molar-refractivity contribution in [3.63, 3.8) is 0 Å². The van der Waals surface area contributed by atoms with Gasteiger partial charge in [0.15, 0.2) is 5.13 Å². The minimum Gasteiger partial charge on any atom is -0.369 e. The molecule has 0 radical (unpaired) electrons.